The molecule has 2 atom stereocenters. The number of hydrogen-bond donors (Lipinski definition) is 3. The average Bonchev–Trinajstić information content (AvgIpc) is 3.51. The van der Waals surface area contributed by atoms with E-state index < -0.39 is 12.1 Å². The minimum absolute atomic E-state index is 0.0135. The molecule has 0 bridgehead atoms. The Morgan fingerprint density at radius 1 is 0.329 bits per heavy atom. The summed E-state index contributed by atoms with van der Waals surface area (Å²) >= 11 is 0. The van der Waals surface area contributed by atoms with Crippen LogP contribution in [0.25, 0.3) is 0 Å². The van der Waals surface area contributed by atoms with Gasteiger partial charge in [0.2, 0.25) is 5.91 Å². The first kappa shape index (κ1) is 82.8. The molecule has 0 spiro atoms. The number of unbranched alkanes of at least 4 members (excludes halogenated alkanes) is 55. The van der Waals surface area contributed by atoms with Crippen molar-refractivity contribution in [2.45, 2.75) is 431 Å². The first-order valence-corrected chi connectivity index (χ1v) is 38.4. The highest BCUT2D eigenvalue weighted by Crippen LogP contribution is 2.19. The normalized spacial score (nSPS) is 12.8. The highest BCUT2D eigenvalue weighted by Gasteiger charge is 2.18. The maximum Gasteiger partial charge on any atom is 0.305 e. The number of ether oxygens (including phenoxy) is 1. The zero-order chi connectivity index (χ0) is 61.3. The molecule has 0 aliphatic heterocycles. The van der Waals surface area contributed by atoms with E-state index in [1.54, 1.807) is 6.08 Å². The molecule has 0 rings (SSSR count). The molecule has 0 heterocycles. The van der Waals surface area contributed by atoms with E-state index in [1.807, 2.05) is 6.08 Å². The lowest BCUT2D eigenvalue weighted by Crippen LogP contribution is -2.45. The first-order chi connectivity index (χ1) is 42.0. The Bertz CT molecular complexity index is 1420. The summed E-state index contributed by atoms with van der Waals surface area (Å²) in [6, 6.07) is -0.628. The van der Waals surface area contributed by atoms with Crippen LogP contribution in [0.5, 0.6) is 0 Å². The van der Waals surface area contributed by atoms with Gasteiger partial charge in [-0.2, -0.15) is 0 Å². The highest BCUT2D eigenvalue weighted by atomic mass is 16.5. The standard InChI is InChI=1S/C79H149NO5/c1-3-5-7-9-11-13-15-17-19-21-35-39-43-47-51-55-59-63-67-71-77(82)76(75-81)80-78(83)72-68-64-60-56-52-48-44-40-37-33-31-29-27-25-23-24-26-28-30-32-34-38-42-46-50-54-58-62-66-70-74-85-79(84)73-69-65-61-57-53-49-45-41-36-22-20-18-16-14-12-10-8-6-4-2/h12,14,18,20,24,26,67,71,76-77,81-82H,3-11,13,15-17,19,21-23,25,27-66,68-70,72-75H2,1-2H3,(H,80,83)/b14-12-,20-18-,26-24-,71-67+. The second kappa shape index (κ2) is 74.3. The van der Waals surface area contributed by atoms with E-state index in [2.05, 4.69) is 55.6 Å². The third-order valence-corrected chi connectivity index (χ3v) is 17.8. The molecule has 0 aliphatic rings. The Kier molecular flexibility index (Phi) is 72.4. The largest absolute Gasteiger partial charge is 0.466 e. The molecular formula is C79H149NO5. The number of amides is 1. The van der Waals surface area contributed by atoms with Crippen molar-refractivity contribution in [1.82, 2.24) is 5.32 Å². The van der Waals surface area contributed by atoms with Crippen LogP contribution in [0, 0.1) is 0 Å². The van der Waals surface area contributed by atoms with E-state index in [4.69, 9.17) is 4.74 Å². The fraction of sp³-hybridized carbons (Fsp3) is 0.873. The van der Waals surface area contributed by atoms with E-state index in [0.717, 1.165) is 51.4 Å². The lowest BCUT2D eigenvalue weighted by molar-refractivity contribution is -0.143. The van der Waals surface area contributed by atoms with Gasteiger partial charge in [0.25, 0.3) is 0 Å². The van der Waals surface area contributed by atoms with Crippen molar-refractivity contribution in [3.05, 3.63) is 48.6 Å². The van der Waals surface area contributed by atoms with Crippen molar-refractivity contribution in [2.24, 2.45) is 0 Å². The quantitative estimate of drug-likeness (QED) is 0.0320. The predicted molar refractivity (Wildman–Crippen MR) is 375 cm³/mol. The zero-order valence-electron chi connectivity index (χ0n) is 57.4. The molecule has 500 valence electrons. The van der Waals surface area contributed by atoms with Crippen LogP contribution >= 0.6 is 0 Å². The van der Waals surface area contributed by atoms with Crippen molar-refractivity contribution in [2.75, 3.05) is 13.2 Å². The molecule has 1 amide bonds. The summed E-state index contributed by atoms with van der Waals surface area (Å²) in [7, 11) is 0. The number of nitrogens with one attached hydrogen (secondary N) is 1. The predicted octanol–water partition coefficient (Wildman–Crippen LogP) is 25.2. The molecule has 0 saturated heterocycles. The van der Waals surface area contributed by atoms with Crippen LogP contribution < -0.4 is 5.32 Å². The van der Waals surface area contributed by atoms with Gasteiger partial charge >= 0.3 is 5.97 Å². The summed E-state index contributed by atoms with van der Waals surface area (Å²) in [5, 5.41) is 23.2. The van der Waals surface area contributed by atoms with Crippen LogP contribution in [-0.4, -0.2) is 47.4 Å². The van der Waals surface area contributed by atoms with Crippen LogP contribution in [0.3, 0.4) is 0 Å². The summed E-state index contributed by atoms with van der Waals surface area (Å²) in [5.41, 5.74) is 0. The Labute approximate surface area is 531 Å². The zero-order valence-corrected chi connectivity index (χ0v) is 57.4. The summed E-state index contributed by atoms with van der Waals surface area (Å²) in [6.45, 7) is 4.92. The number of aliphatic hydroxyl groups is 2. The van der Waals surface area contributed by atoms with Crippen molar-refractivity contribution in [1.29, 1.82) is 0 Å². The number of esters is 1. The monoisotopic (exact) mass is 1190 g/mol. The number of rotatable bonds is 72. The van der Waals surface area contributed by atoms with Crippen LogP contribution in [0.15, 0.2) is 48.6 Å². The van der Waals surface area contributed by atoms with E-state index in [-0.39, 0.29) is 18.5 Å². The maximum atomic E-state index is 12.5. The Morgan fingerprint density at radius 3 is 0.929 bits per heavy atom. The Hall–Kier alpha value is -2.18. The van der Waals surface area contributed by atoms with E-state index in [0.29, 0.717) is 19.4 Å². The smallest absolute Gasteiger partial charge is 0.305 e. The van der Waals surface area contributed by atoms with Gasteiger partial charge in [-0.1, -0.05) is 364 Å². The summed E-state index contributed by atoms with van der Waals surface area (Å²) in [4.78, 5) is 24.6. The van der Waals surface area contributed by atoms with E-state index >= 15 is 0 Å². The number of hydrogen-bond acceptors (Lipinski definition) is 5. The Morgan fingerprint density at radius 2 is 0.588 bits per heavy atom. The number of carbonyl (C=O) groups is 2. The number of carbonyl (C=O) groups excluding carboxylic acids is 2. The van der Waals surface area contributed by atoms with Crippen LogP contribution in [-0.2, 0) is 14.3 Å². The van der Waals surface area contributed by atoms with Crippen molar-refractivity contribution in [3.63, 3.8) is 0 Å². The van der Waals surface area contributed by atoms with Gasteiger partial charge in [0.15, 0.2) is 0 Å². The van der Waals surface area contributed by atoms with Gasteiger partial charge in [0, 0.05) is 12.8 Å². The van der Waals surface area contributed by atoms with Gasteiger partial charge in [-0.25, -0.2) is 0 Å². The molecule has 2 unspecified atom stereocenters. The molecule has 3 N–H and O–H groups in total. The first-order valence-electron chi connectivity index (χ1n) is 38.4. The van der Waals surface area contributed by atoms with Crippen molar-refractivity contribution >= 4 is 11.9 Å². The number of aliphatic hydroxyl groups excluding tert-OH is 2. The lowest BCUT2D eigenvalue weighted by atomic mass is 10.0. The molecule has 85 heavy (non-hydrogen) atoms. The van der Waals surface area contributed by atoms with Gasteiger partial charge < -0.3 is 20.3 Å². The van der Waals surface area contributed by atoms with Gasteiger partial charge in [-0.05, 0) is 89.9 Å². The molecule has 6 heteroatoms. The van der Waals surface area contributed by atoms with Gasteiger partial charge in [-0.3, -0.25) is 9.59 Å². The van der Waals surface area contributed by atoms with Crippen molar-refractivity contribution < 1.29 is 24.5 Å². The third kappa shape index (κ3) is 70.8. The highest BCUT2D eigenvalue weighted by molar-refractivity contribution is 5.76. The van der Waals surface area contributed by atoms with Gasteiger partial charge in [-0.15, -0.1) is 0 Å². The molecule has 0 aromatic carbocycles. The molecule has 0 aliphatic carbocycles. The summed E-state index contributed by atoms with van der Waals surface area (Å²) in [5.74, 6) is -0.0496. The minimum atomic E-state index is -0.845. The third-order valence-electron chi connectivity index (χ3n) is 17.8. The van der Waals surface area contributed by atoms with E-state index in [9.17, 15) is 19.8 Å². The topological polar surface area (TPSA) is 95.9 Å². The van der Waals surface area contributed by atoms with E-state index in [1.165, 1.54) is 340 Å². The minimum Gasteiger partial charge on any atom is -0.466 e. The summed E-state index contributed by atoms with van der Waals surface area (Å²) in [6.07, 6.45) is 97.9. The van der Waals surface area contributed by atoms with Crippen LogP contribution in [0.1, 0.15) is 418 Å². The average molecular weight is 1190 g/mol. The second-order valence-corrected chi connectivity index (χ2v) is 26.3. The number of allylic oxidation sites excluding steroid dienone is 7. The SMILES string of the molecule is CCCCC/C=C\C/C=C\CCCCCCCCCCCC(=O)OCCCCCCCCCCCCCC/C=C\CCCCCCCCCCCCCCCCC(=O)NC(CO)C(O)/C=C/CCCCCCCCCCCCCCCCCCC. The molecule has 0 aromatic rings. The Balaban J connectivity index is 3.38. The molecule has 0 aromatic heterocycles. The molecule has 0 saturated carbocycles. The van der Waals surface area contributed by atoms with Crippen LogP contribution in [0.4, 0.5) is 0 Å². The summed E-state index contributed by atoms with van der Waals surface area (Å²) < 4.78 is 5.51. The molecule has 0 radical (unpaired) electrons. The van der Waals surface area contributed by atoms with Gasteiger partial charge in [0.05, 0.1) is 25.4 Å². The second-order valence-electron chi connectivity index (χ2n) is 26.3. The van der Waals surface area contributed by atoms with Gasteiger partial charge in [0.1, 0.15) is 0 Å². The lowest BCUT2D eigenvalue weighted by Gasteiger charge is -2.20. The fourth-order valence-electron chi connectivity index (χ4n) is 12.0. The van der Waals surface area contributed by atoms with Crippen molar-refractivity contribution in [3.8, 4) is 0 Å². The molecule has 6 nitrogen and oxygen atoms in total. The molecular weight excluding hydrogens is 1040 g/mol. The van der Waals surface area contributed by atoms with Crippen LogP contribution in [0.2, 0.25) is 0 Å². The molecule has 0 fully saturated rings. The maximum absolute atomic E-state index is 12.5. The fourth-order valence-corrected chi connectivity index (χ4v) is 12.0.